The van der Waals surface area contributed by atoms with E-state index in [0.717, 1.165) is 4.34 Å². The highest BCUT2D eigenvalue weighted by molar-refractivity contribution is 8.01. The summed E-state index contributed by atoms with van der Waals surface area (Å²) in [5.74, 6) is -0.259. The predicted molar refractivity (Wildman–Crippen MR) is 113 cm³/mol. The van der Waals surface area contributed by atoms with Crippen LogP contribution in [0.3, 0.4) is 0 Å². The van der Waals surface area contributed by atoms with Crippen LogP contribution in [0.4, 0.5) is 5.13 Å². The van der Waals surface area contributed by atoms with E-state index >= 15 is 0 Å². The van der Waals surface area contributed by atoms with Crippen molar-refractivity contribution in [3.05, 3.63) is 38.0 Å². The van der Waals surface area contributed by atoms with Crippen molar-refractivity contribution in [2.45, 2.75) is 30.1 Å². The van der Waals surface area contributed by atoms with E-state index in [1.165, 1.54) is 28.0 Å². The zero-order valence-electron chi connectivity index (χ0n) is 15.8. The standard InChI is InChI=1S/C18H25N5O3S2/c1-5-10-23(11-6-2)16(26)13(4)19-14(24)8-9-15(25)20-17-21-22-18(28-17)27-12-7-3/h5-7,13H,1-3,8-12H2,4H3,(H,19,24)(H,20,21,25). The molecule has 8 nitrogen and oxygen atoms in total. The monoisotopic (exact) mass is 423 g/mol. The Hall–Kier alpha value is -2.46. The van der Waals surface area contributed by atoms with Gasteiger partial charge in [0.2, 0.25) is 22.9 Å². The molecule has 0 spiro atoms. The van der Waals surface area contributed by atoms with Gasteiger partial charge in [-0.15, -0.1) is 29.9 Å². The smallest absolute Gasteiger partial charge is 0.245 e. The van der Waals surface area contributed by atoms with Crippen molar-refractivity contribution in [3.63, 3.8) is 0 Å². The molecule has 10 heteroatoms. The number of nitrogens with one attached hydrogen (secondary N) is 2. The number of rotatable bonds is 13. The molecular weight excluding hydrogens is 398 g/mol. The molecule has 1 atom stereocenters. The largest absolute Gasteiger partial charge is 0.345 e. The first-order valence-corrected chi connectivity index (χ1v) is 10.4. The molecule has 0 saturated heterocycles. The van der Waals surface area contributed by atoms with Crippen molar-refractivity contribution in [1.29, 1.82) is 0 Å². The van der Waals surface area contributed by atoms with Gasteiger partial charge >= 0.3 is 0 Å². The second-order valence-electron chi connectivity index (χ2n) is 5.63. The van der Waals surface area contributed by atoms with Gasteiger partial charge in [-0.25, -0.2) is 0 Å². The number of thioether (sulfide) groups is 1. The Balaban J connectivity index is 2.41. The summed E-state index contributed by atoms with van der Waals surface area (Å²) in [5, 5.41) is 13.4. The highest BCUT2D eigenvalue weighted by Crippen LogP contribution is 2.25. The molecule has 0 bridgehead atoms. The van der Waals surface area contributed by atoms with Crippen LogP contribution in [0.2, 0.25) is 0 Å². The van der Waals surface area contributed by atoms with Gasteiger partial charge in [-0.2, -0.15) is 0 Å². The lowest BCUT2D eigenvalue weighted by Gasteiger charge is -2.23. The normalized spacial score (nSPS) is 11.2. The summed E-state index contributed by atoms with van der Waals surface area (Å²) in [6.45, 7) is 13.2. The summed E-state index contributed by atoms with van der Waals surface area (Å²) in [4.78, 5) is 37.9. The van der Waals surface area contributed by atoms with Gasteiger partial charge in [0.25, 0.3) is 0 Å². The molecular formula is C18H25N5O3S2. The average molecular weight is 424 g/mol. The maximum absolute atomic E-state index is 12.3. The van der Waals surface area contributed by atoms with Gasteiger partial charge in [-0.3, -0.25) is 14.4 Å². The van der Waals surface area contributed by atoms with Crippen LogP contribution in [0.25, 0.3) is 0 Å². The van der Waals surface area contributed by atoms with Crippen LogP contribution < -0.4 is 10.6 Å². The van der Waals surface area contributed by atoms with Gasteiger partial charge in [0, 0.05) is 31.7 Å². The molecule has 0 aromatic carbocycles. The van der Waals surface area contributed by atoms with Gasteiger partial charge in [0.05, 0.1) is 0 Å². The summed E-state index contributed by atoms with van der Waals surface area (Å²) in [5.41, 5.74) is 0. The van der Waals surface area contributed by atoms with E-state index in [0.29, 0.717) is 24.0 Å². The van der Waals surface area contributed by atoms with E-state index < -0.39 is 6.04 Å². The fourth-order valence-corrected chi connectivity index (χ4v) is 3.60. The Labute approximate surface area is 173 Å². The second-order valence-corrected chi connectivity index (χ2v) is 7.88. The van der Waals surface area contributed by atoms with Gasteiger partial charge < -0.3 is 15.5 Å². The maximum atomic E-state index is 12.3. The van der Waals surface area contributed by atoms with Crippen molar-refractivity contribution in [2.75, 3.05) is 24.2 Å². The quantitative estimate of drug-likeness (QED) is 0.286. The number of aromatic nitrogens is 2. The Bertz CT molecular complexity index is 710. The minimum atomic E-state index is -0.705. The first-order valence-electron chi connectivity index (χ1n) is 8.58. The summed E-state index contributed by atoms with van der Waals surface area (Å²) in [6.07, 6.45) is 4.90. The topological polar surface area (TPSA) is 104 Å². The fourth-order valence-electron chi connectivity index (χ4n) is 2.07. The number of hydrogen-bond acceptors (Lipinski definition) is 7. The molecule has 0 aliphatic heterocycles. The van der Waals surface area contributed by atoms with Crippen molar-refractivity contribution in [3.8, 4) is 0 Å². The molecule has 0 radical (unpaired) electrons. The maximum Gasteiger partial charge on any atom is 0.245 e. The van der Waals surface area contributed by atoms with Crippen LogP contribution in [-0.4, -0.2) is 57.7 Å². The van der Waals surface area contributed by atoms with E-state index in [-0.39, 0.29) is 30.6 Å². The fraction of sp³-hybridized carbons (Fsp3) is 0.389. The SMILES string of the molecule is C=CCSc1nnc(NC(=O)CCC(=O)NC(C)C(=O)N(CC=C)CC=C)s1. The van der Waals surface area contributed by atoms with Crippen molar-refractivity contribution in [1.82, 2.24) is 20.4 Å². The Morgan fingerprint density at radius 1 is 1.11 bits per heavy atom. The van der Waals surface area contributed by atoms with Crippen LogP contribution in [0.5, 0.6) is 0 Å². The predicted octanol–water partition coefficient (Wildman–Crippen LogP) is 2.24. The van der Waals surface area contributed by atoms with Crippen LogP contribution in [0, 0.1) is 0 Å². The number of amides is 3. The van der Waals surface area contributed by atoms with Gasteiger partial charge in [-0.1, -0.05) is 41.3 Å². The number of carbonyl (C=O) groups is 3. The Morgan fingerprint density at radius 2 is 1.75 bits per heavy atom. The minimum absolute atomic E-state index is 0.0233. The lowest BCUT2D eigenvalue weighted by molar-refractivity contribution is -0.135. The zero-order valence-corrected chi connectivity index (χ0v) is 17.5. The summed E-state index contributed by atoms with van der Waals surface area (Å²) in [7, 11) is 0. The molecule has 3 amide bonds. The highest BCUT2D eigenvalue weighted by atomic mass is 32.2. The van der Waals surface area contributed by atoms with E-state index in [1.807, 2.05) is 0 Å². The second kappa shape index (κ2) is 12.8. The number of nitrogens with zero attached hydrogens (tertiary/aromatic N) is 3. The summed E-state index contributed by atoms with van der Waals surface area (Å²) in [6, 6.07) is -0.705. The summed E-state index contributed by atoms with van der Waals surface area (Å²) >= 11 is 2.72. The minimum Gasteiger partial charge on any atom is -0.345 e. The molecule has 0 aliphatic carbocycles. The van der Waals surface area contributed by atoms with Crippen molar-refractivity contribution < 1.29 is 14.4 Å². The van der Waals surface area contributed by atoms with Crippen molar-refractivity contribution >= 4 is 46.0 Å². The third-order valence-corrected chi connectivity index (χ3v) is 5.28. The molecule has 0 saturated carbocycles. The van der Waals surface area contributed by atoms with Crippen LogP contribution in [-0.2, 0) is 14.4 Å². The molecule has 2 N–H and O–H groups in total. The molecule has 1 aromatic heterocycles. The Kier molecular flexibility index (Phi) is 10.8. The average Bonchev–Trinajstić information content (AvgIpc) is 3.11. The number of hydrogen-bond donors (Lipinski definition) is 2. The lowest BCUT2D eigenvalue weighted by Crippen LogP contribution is -2.47. The molecule has 1 rings (SSSR count). The van der Waals surface area contributed by atoms with Crippen LogP contribution >= 0.6 is 23.1 Å². The highest BCUT2D eigenvalue weighted by Gasteiger charge is 2.21. The number of carbonyl (C=O) groups excluding carboxylic acids is 3. The van der Waals surface area contributed by atoms with E-state index in [4.69, 9.17) is 0 Å². The molecule has 1 heterocycles. The third kappa shape index (κ3) is 8.49. The third-order valence-electron chi connectivity index (χ3n) is 3.32. The van der Waals surface area contributed by atoms with E-state index in [1.54, 1.807) is 25.2 Å². The molecule has 152 valence electrons. The Morgan fingerprint density at radius 3 is 2.36 bits per heavy atom. The van der Waals surface area contributed by atoms with Gasteiger partial charge in [0.15, 0.2) is 4.34 Å². The van der Waals surface area contributed by atoms with Crippen LogP contribution in [0.1, 0.15) is 19.8 Å². The van der Waals surface area contributed by atoms with Gasteiger partial charge in [0.1, 0.15) is 6.04 Å². The summed E-state index contributed by atoms with van der Waals surface area (Å²) < 4.78 is 0.726. The molecule has 1 aromatic rings. The number of anilines is 1. The first kappa shape index (κ1) is 23.6. The van der Waals surface area contributed by atoms with Crippen LogP contribution in [0.15, 0.2) is 42.3 Å². The first-order chi connectivity index (χ1) is 13.4. The molecule has 28 heavy (non-hydrogen) atoms. The van der Waals surface area contributed by atoms with Crippen molar-refractivity contribution in [2.24, 2.45) is 0 Å². The molecule has 0 aliphatic rings. The van der Waals surface area contributed by atoms with E-state index in [2.05, 4.69) is 40.6 Å². The molecule has 1 unspecified atom stereocenters. The van der Waals surface area contributed by atoms with Gasteiger partial charge in [-0.05, 0) is 6.92 Å². The lowest BCUT2D eigenvalue weighted by atomic mass is 10.2. The van der Waals surface area contributed by atoms with E-state index in [9.17, 15) is 14.4 Å². The molecule has 0 fully saturated rings. The zero-order chi connectivity index (χ0) is 20.9.